The topological polar surface area (TPSA) is 72.2 Å². The Labute approximate surface area is 136 Å². The molecule has 0 aromatic heterocycles. The lowest BCUT2D eigenvalue weighted by molar-refractivity contribution is 0.594. The summed E-state index contributed by atoms with van der Waals surface area (Å²) in [6.07, 6.45) is 0. The molecule has 2 rings (SSSR count). The fraction of sp³-hybridized carbons (Fsp3) is 0. The second kappa shape index (κ2) is 5.90. The van der Waals surface area contributed by atoms with Gasteiger partial charge in [-0.05, 0) is 56.1 Å². The normalized spacial score (nSPS) is 11.4. The van der Waals surface area contributed by atoms with Crippen LogP contribution in [0.2, 0.25) is 0 Å². The number of anilines is 2. The number of nitrogens with one attached hydrogen (secondary N) is 1. The van der Waals surface area contributed by atoms with Crippen LogP contribution in [0.1, 0.15) is 0 Å². The molecule has 4 nitrogen and oxygen atoms in total. The molecule has 0 radical (unpaired) electrons. The first kappa shape index (κ1) is 16.2. The van der Waals surface area contributed by atoms with Crippen molar-refractivity contribution in [1.82, 2.24) is 0 Å². The summed E-state index contributed by atoms with van der Waals surface area (Å²) < 4.78 is 53.7. The van der Waals surface area contributed by atoms with Crippen molar-refractivity contribution in [3.8, 4) is 0 Å². The van der Waals surface area contributed by atoms with Crippen LogP contribution in [0.15, 0.2) is 44.2 Å². The first-order valence-electron chi connectivity index (χ1n) is 5.43. The Bertz CT molecular complexity index is 790. The standard InChI is InChI=1S/C12H8Br2F2N2O2S/c13-8-4-7(17)5-9(14)12(8)21(19,20)18-11-3-6(15)1-2-10(11)16/h1-5,18H,17H2. The maximum Gasteiger partial charge on any atom is 0.264 e. The fourth-order valence-corrected chi connectivity index (χ4v) is 5.29. The average Bonchev–Trinajstić information content (AvgIpc) is 2.31. The minimum absolute atomic E-state index is 0.166. The van der Waals surface area contributed by atoms with E-state index in [9.17, 15) is 17.2 Å². The van der Waals surface area contributed by atoms with Crippen LogP contribution in [0.4, 0.5) is 20.2 Å². The highest BCUT2D eigenvalue weighted by Gasteiger charge is 2.23. The fourth-order valence-electron chi connectivity index (χ4n) is 1.61. The molecular formula is C12H8Br2F2N2O2S. The summed E-state index contributed by atoms with van der Waals surface area (Å²) in [5.74, 6) is -1.65. The van der Waals surface area contributed by atoms with E-state index in [1.807, 2.05) is 4.72 Å². The smallest absolute Gasteiger partial charge is 0.264 e. The van der Waals surface area contributed by atoms with Gasteiger partial charge in [0.2, 0.25) is 0 Å². The quantitative estimate of drug-likeness (QED) is 0.710. The lowest BCUT2D eigenvalue weighted by atomic mass is 10.3. The second-order valence-electron chi connectivity index (χ2n) is 4.04. The third-order valence-corrected chi connectivity index (χ3v) is 5.70. The number of halogens is 4. The van der Waals surface area contributed by atoms with Gasteiger partial charge in [0.1, 0.15) is 16.5 Å². The predicted molar refractivity (Wildman–Crippen MR) is 83.4 cm³/mol. The molecule has 0 aliphatic carbocycles. The van der Waals surface area contributed by atoms with Gasteiger partial charge in [-0.2, -0.15) is 0 Å². The van der Waals surface area contributed by atoms with Gasteiger partial charge >= 0.3 is 0 Å². The van der Waals surface area contributed by atoms with E-state index in [1.54, 1.807) is 0 Å². The molecule has 0 amide bonds. The van der Waals surface area contributed by atoms with E-state index in [4.69, 9.17) is 5.73 Å². The molecule has 0 aliphatic rings. The Hall–Kier alpha value is -1.19. The van der Waals surface area contributed by atoms with Gasteiger partial charge in [0, 0.05) is 20.7 Å². The summed E-state index contributed by atoms with van der Waals surface area (Å²) in [6.45, 7) is 0. The third kappa shape index (κ3) is 3.53. The monoisotopic (exact) mass is 440 g/mol. The molecule has 9 heteroatoms. The van der Waals surface area contributed by atoms with E-state index >= 15 is 0 Å². The Kier molecular flexibility index (Phi) is 4.54. The average molecular weight is 442 g/mol. The summed E-state index contributed by atoms with van der Waals surface area (Å²) in [7, 11) is -4.14. The molecule has 0 aliphatic heterocycles. The number of nitrogen functional groups attached to an aromatic ring is 1. The lowest BCUT2D eigenvalue weighted by Crippen LogP contribution is -2.15. The van der Waals surface area contributed by atoms with Crippen LogP contribution in [0, 0.1) is 11.6 Å². The highest BCUT2D eigenvalue weighted by Crippen LogP contribution is 2.33. The molecule has 0 saturated carbocycles. The Balaban J connectivity index is 2.51. The van der Waals surface area contributed by atoms with Crippen molar-refractivity contribution >= 4 is 53.3 Å². The number of rotatable bonds is 3. The maximum absolute atomic E-state index is 13.5. The Morgan fingerprint density at radius 2 is 1.62 bits per heavy atom. The van der Waals surface area contributed by atoms with E-state index in [-0.39, 0.29) is 13.8 Å². The molecule has 0 fully saturated rings. The van der Waals surface area contributed by atoms with Gasteiger partial charge in [0.25, 0.3) is 10.0 Å². The molecule has 0 heterocycles. The summed E-state index contributed by atoms with van der Waals surface area (Å²) in [6, 6.07) is 5.26. The first-order valence-corrected chi connectivity index (χ1v) is 8.50. The van der Waals surface area contributed by atoms with Gasteiger partial charge in [-0.1, -0.05) is 0 Å². The van der Waals surface area contributed by atoms with Gasteiger partial charge < -0.3 is 5.73 Å². The van der Waals surface area contributed by atoms with Crippen LogP contribution in [0.5, 0.6) is 0 Å². The molecule has 3 N–H and O–H groups in total. The minimum Gasteiger partial charge on any atom is -0.399 e. The summed E-state index contributed by atoms with van der Waals surface area (Å²) in [4.78, 5) is -0.166. The van der Waals surface area contributed by atoms with Crippen molar-refractivity contribution in [2.75, 3.05) is 10.5 Å². The molecule has 21 heavy (non-hydrogen) atoms. The largest absolute Gasteiger partial charge is 0.399 e. The van der Waals surface area contributed by atoms with Crippen molar-refractivity contribution in [2.24, 2.45) is 0 Å². The SMILES string of the molecule is Nc1cc(Br)c(S(=O)(=O)Nc2cc(F)ccc2F)c(Br)c1. The number of hydrogen-bond donors (Lipinski definition) is 2. The zero-order valence-electron chi connectivity index (χ0n) is 10.2. The highest BCUT2D eigenvalue weighted by atomic mass is 79.9. The molecule has 112 valence electrons. The third-order valence-electron chi connectivity index (χ3n) is 2.46. The van der Waals surface area contributed by atoms with Crippen LogP contribution in [-0.4, -0.2) is 8.42 Å². The van der Waals surface area contributed by atoms with Crippen molar-refractivity contribution in [1.29, 1.82) is 0 Å². The van der Waals surface area contributed by atoms with Gasteiger partial charge in [0.05, 0.1) is 5.69 Å². The number of benzene rings is 2. The van der Waals surface area contributed by atoms with Crippen molar-refractivity contribution in [3.05, 3.63) is 50.9 Å². The van der Waals surface area contributed by atoms with E-state index in [0.717, 1.165) is 18.2 Å². The predicted octanol–water partition coefficient (Wildman–Crippen LogP) is 3.87. The Morgan fingerprint density at radius 1 is 1.05 bits per heavy atom. The summed E-state index contributed by atoms with van der Waals surface area (Å²) >= 11 is 6.17. The number of sulfonamides is 1. The lowest BCUT2D eigenvalue weighted by Gasteiger charge is -2.12. The maximum atomic E-state index is 13.5. The zero-order valence-corrected chi connectivity index (χ0v) is 14.2. The number of hydrogen-bond acceptors (Lipinski definition) is 3. The molecule has 0 atom stereocenters. The van der Waals surface area contributed by atoms with Crippen LogP contribution < -0.4 is 10.5 Å². The van der Waals surface area contributed by atoms with Crippen LogP contribution >= 0.6 is 31.9 Å². The summed E-state index contributed by atoms with van der Waals surface area (Å²) in [5, 5.41) is 0. The van der Waals surface area contributed by atoms with Gasteiger partial charge in [0.15, 0.2) is 0 Å². The van der Waals surface area contributed by atoms with Crippen LogP contribution in [-0.2, 0) is 10.0 Å². The van der Waals surface area contributed by atoms with E-state index < -0.39 is 27.3 Å². The van der Waals surface area contributed by atoms with E-state index in [0.29, 0.717) is 5.69 Å². The van der Waals surface area contributed by atoms with Crippen LogP contribution in [0.25, 0.3) is 0 Å². The first-order chi connectivity index (χ1) is 9.70. The Morgan fingerprint density at radius 3 is 2.19 bits per heavy atom. The van der Waals surface area contributed by atoms with Gasteiger partial charge in [-0.25, -0.2) is 17.2 Å². The van der Waals surface area contributed by atoms with Gasteiger partial charge in [-0.3, -0.25) is 4.72 Å². The molecule has 0 spiro atoms. The molecular weight excluding hydrogens is 434 g/mol. The van der Waals surface area contributed by atoms with E-state index in [1.165, 1.54) is 12.1 Å². The molecule has 0 saturated heterocycles. The van der Waals surface area contributed by atoms with Crippen LogP contribution in [0.3, 0.4) is 0 Å². The summed E-state index contributed by atoms with van der Waals surface area (Å²) in [5.41, 5.74) is 5.44. The second-order valence-corrected chi connectivity index (χ2v) is 7.37. The van der Waals surface area contributed by atoms with Gasteiger partial charge in [-0.15, -0.1) is 0 Å². The van der Waals surface area contributed by atoms with Crippen molar-refractivity contribution in [2.45, 2.75) is 4.90 Å². The highest BCUT2D eigenvalue weighted by molar-refractivity contribution is 9.11. The van der Waals surface area contributed by atoms with Crippen molar-refractivity contribution in [3.63, 3.8) is 0 Å². The number of nitrogens with two attached hydrogens (primary N) is 1. The molecule has 2 aromatic rings. The minimum atomic E-state index is -4.14. The molecule has 0 bridgehead atoms. The van der Waals surface area contributed by atoms with E-state index in [2.05, 4.69) is 31.9 Å². The molecule has 2 aromatic carbocycles. The zero-order chi connectivity index (χ0) is 15.8. The van der Waals surface area contributed by atoms with Crippen molar-refractivity contribution < 1.29 is 17.2 Å². The molecule has 0 unspecified atom stereocenters.